The third kappa shape index (κ3) is 2.25. The molecule has 1 unspecified atom stereocenters. The fraction of sp³-hybridized carbons (Fsp3) is 0.600. The minimum absolute atomic E-state index is 0.600. The van der Waals surface area contributed by atoms with Crippen molar-refractivity contribution in [2.75, 3.05) is 6.54 Å². The van der Waals surface area contributed by atoms with E-state index in [1.54, 1.807) is 0 Å². The van der Waals surface area contributed by atoms with Crippen molar-refractivity contribution < 1.29 is 0 Å². The maximum Gasteiger partial charge on any atom is 0.129 e. The van der Waals surface area contributed by atoms with Crippen molar-refractivity contribution in [2.45, 2.75) is 32.2 Å². The van der Waals surface area contributed by atoms with Gasteiger partial charge in [0.1, 0.15) is 5.82 Å². The summed E-state index contributed by atoms with van der Waals surface area (Å²) in [6, 6.07) is 0.600. The van der Waals surface area contributed by atoms with Gasteiger partial charge in [0.05, 0.1) is 0 Å². The van der Waals surface area contributed by atoms with Gasteiger partial charge < -0.3 is 5.32 Å². The number of nitrogens with zero attached hydrogens (tertiary/aromatic N) is 2. The Hall–Kier alpha value is -0.960. The van der Waals surface area contributed by atoms with Crippen molar-refractivity contribution in [3.8, 4) is 0 Å². The zero-order valence-corrected chi connectivity index (χ0v) is 7.95. The lowest BCUT2D eigenvalue weighted by Gasteiger charge is -2.07. The van der Waals surface area contributed by atoms with Crippen LogP contribution in [0.5, 0.6) is 0 Å². The molecular weight excluding hydrogens is 162 g/mol. The van der Waals surface area contributed by atoms with Crippen LogP contribution in [0.1, 0.15) is 24.2 Å². The molecule has 0 saturated carbocycles. The molecule has 1 fully saturated rings. The van der Waals surface area contributed by atoms with Crippen molar-refractivity contribution in [1.82, 2.24) is 15.3 Å². The number of aryl methyl sites for hydroxylation is 1. The zero-order chi connectivity index (χ0) is 9.10. The summed E-state index contributed by atoms with van der Waals surface area (Å²) < 4.78 is 0. The van der Waals surface area contributed by atoms with Crippen LogP contribution in [0.2, 0.25) is 0 Å². The molecule has 2 heterocycles. The second-order valence-electron chi connectivity index (χ2n) is 3.67. The monoisotopic (exact) mass is 177 g/mol. The van der Waals surface area contributed by atoms with Crippen LogP contribution in [0, 0.1) is 6.92 Å². The SMILES string of the molecule is Cc1cnc(CC2CCCN2)nc1. The van der Waals surface area contributed by atoms with Crippen LogP contribution in [0.25, 0.3) is 0 Å². The van der Waals surface area contributed by atoms with Gasteiger partial charge in [-0.25, -0.2) is 9.97 Å². The summed E-state index contributed by atoms with van der Waals surface area (Å²) in [7, 11) is 0. The van der Waals surface area contributed by atoms with E-state index in [0.717, 1.165) is 24.4 Å². The molecular formula is C10H15N3. The Kier molecular flexibility index (Phi) is 2.54. The Morgan fingerprint density at radius 3 is 2.85 bits per heavy atom. The van der Waals surface area contributed by atoms with Crippen LogP contribution < -0.4 is 5.32 Å². The topological polar surface area (TPSA) is 37.8 Å². The molecule has 0 amide bonds. The smallest absolute Gasteiger partial charge is 0.129 e. The summed E-state index contributed by atoms with van der Waals surface area (Å²) in [5.74, 6) is 0.963. The molecule has 70 valence electrons. The van der Waals surface area contributed by atoms with E-state index in [0.29, 0.717) is 6.04 Å². The van der Waals surface area contributed by atoms with Crippen molar-refractivity contribution in [1.29, 1.82) is 0 Å². The molecule has 1 aromatic rings. The van der Waals surface area contributed by atoms with Crippen molar-refractivity contribution in [3.63, 3.8) is 0 Å². The molecule has 1 aliphatic rings. The van der Waals surface area contributed by atoms with Gasteiger partial charge in [0.25, 0.3) is 0 Å². The van der Waals surface area contributed by atoms with Crippen LogP contribution >= 0.6 is 0 Å². The highest BCUT2D eigenvalue weighted by Gasteiger charge is 2.15. The highest BCUT2D eigenvalue weighted by Crippen LogP contribution is 2.08. The average Bonchev–Trinajstić information content (AvgIpc) is 2.62. The van der Waals surface area contributed by atoms with E-state index in [2.05, 4.69) is 15.3 Å². The Bertz CT molecular complexity index is 262. The third-order valence-corrected chi connectivity index (χ3v) is 2.43. The summed E-state index contributed by atoms with van der Waals surface area (Å²) in [4.78, 5) is 8.58. The fourth-order valence-corrected chi connectivity index (χ4v) is 1.68. The van der Waals surface area contributed by atoms with Gasteiger partial charge in [-0.05, 0) is 31.9 Å². The van der Waals surface area contributed by atoms with Crippen LogP contribution in [0.4, 0.5) is 0 Å². The van der Waals surface area contributed by atoms with E-state index in [4.69, 9.17) is 0 Å². The molecule has 0 bridgehead atoms. The minimum atomic E-state index is 0.600. The van der Waals surface area contributed by atoms with E-state index in [1.165, 1.54) is 12.8 Å². The maximum atomic E-state index is 4.29. The van der Waals surface area contributed by atoms with Gasteiger partial charge in [-0.15, -0.1) is 0 Å². The molecule has 1 aliphatic heterocycles. The maximum absolute atomic E-state index is 4.29. The van der Waals surface area contributed by atoms with Gasteiger partial charge in [0.2, 0.25) is 0 Å². The highest BCUT2D eigenvalue weighted by molar-refractivity contribution is 5.03. The molecule has 1 aromatic heterocycles. The second-order valence-corrected chi connectivity index (χ2v) is 3.67. The Morgan fingerprint density at radius 2 is 2.23 bits per heavy atom. The van der Waals surface area contributed by atoms with Crippen LogP contribution in [-0.2, 0) is 6.42 Å². The lowest BCUT2D eigenvalue weighted by molar-refractivity contribution is 0.585. The van der Waals surface area contributed by atoms with E-state index >= 15 is 0 Å². The first kappa shape index (κ1) is 8.63. The Labute approximate surface area is 78.6 Å². The third-order valence-electron chi connectivity index (χ3n) is 2.43. The van der Waals surface area contributed by atoms with Crippen molar-refractivity contribution in [2.24, 2.45) is 0 Å². The summed E-state index contributed by atoms with van der Waals surface area (Å²) in [5, 5.41) is 3.44. The number of hydrogen-bond acceptors (Lipinski definition) is 3. The van der Waals surface area contributed by atoms with E-state index in [1.807, 2.05) is 19.3 Å². The van der Waals surface area contributed by atoms with Gasteiger partial charge in [0.15, 0.2) is 0 Å². The van der Waals surface area contributed by atoms with E-state index in [9.17, 15) is 0 Å². The second kappa shape index (κ2) is 3.83. The molecule has 1 N–H and O–H groups in total. The van der Waals surface area contributed by atoms with Crippen LogP contribution in [0.3, 0.4) is 0 Å². The lowest BCUT2D eigenvalue weighted by atomic mass is 10.1. The van der Waals surface area contributed by atoms with Crippen LogP contribution in [-0.4, -0.2) is 22.6 Å². The molecule has 2 rings (SSSR count). The van der Waals surface area contributed by atoms with Crippen molar-refractivity contribution >= 4 is 0 Å². The lowest BCUT2D eigenvalue weighted by Crippen LogP contribution is -2.24. The Balaban J connectivity index is 1.97. The number of aromatic nitrogens is 2. The number of hydrogen-bond donors (Lipinski definition) is 1. The largest absolute Gasteiger partial charge is 0.314 e. The normalized spacial score (nSPS) is 22.1. The summed E-state index contributed by atoms with van der Waals surface area (Å²) in [6.45, 7) is 3.16. The molecule has 3 heteroatoms. The first-order chi connectivity index (χ1) is 6.34. The van der Waals surface area contributed by atoms with Gasteiger partial charge in [0, 0.05) is 24.9 Å². The standard InChI is InChI=1S/C10H15N3/c1-8-6-12-10(13-7-8)5-9-3-2-4-11-9/h6-7,9,11H,2-5H2,1H3. The fourth-order valence-electron chi connectivity index (χ4n) is 1.68. The minimum Gasteiger partial charge on any atom is -0.314 e. The first-order valence-electron chi connectivity index (χ1n) is 4.85. The first-order valence-corrected chi connectivity index (χ1v) is 4.85. The molecule has 0 aromatic carbocycles. The van der Waals surface area contributed by atoms with Gasteiger partial charge in [-0.2, -0.15) is 0 Å². The predicted octanol–water partition coefficient (Wildman–Crippen LogP) is 1.08. The zero-order valence-electron chi connectivity index (χ0n) is 7.95. The van der Waals surface area contributed by atoms with Gasteiger partial charge in [-0.3, -0.25) is 0 Å². The summed E-state index contributed by atoms with van der Waals surface area (Å²) >= 11 is 0. The quantitative estimate of drug-likeness (QED) is 0.734. The molecule has 1 atom stereocenters. The molecule has 0 radical (unpaired) electrons. The van der Waals surface area contributed by atoms with Crippen LogP contribution in [0.15, 0.2) is 12.4 Å². The molecule has 0 aliphatic carbocycles. The molecule has 0 spiro atoms. The number of rotatable bonds is 2. The highest BCUT2D eigenvalue weighted by atomic mass is 15.0. The molecule has 13 heavy (non-hydrogen) atoms. The van der Waals surface area contributed by atoms with E-state index < -0.39 is 0 Å². The number of nitrogens with one attached hydrogen (secondary N) is 1. The average molecular weight is 177 g/mol. The summed E-state index contributed by atoms with van der Waals surface area (Å²) in [6.07, 6.45) is 7.29. The molecule has 3 nitrogen and oxygen atoms in total. The van der Waals surface area contributed by atoms with Gasteiger partial charge in [-0.1, -0.05) is 0 Å². The van der Waals surface area contributed by atoms with E-state index in [-0.39, 0.29) is 0 Å². The predicted molar refractivity (Wildman–Crippen MR) is 51.5 cm³/mol. The van der Waals surface area contributed by atoms with Crippen molar-refractivity contribution in [3.05, 3.63) is 23.8 Å². The molecule has 1 saturated heterocycles. The summed E-state index contributed by atoms with van der Waals surface area (Å²) in [5.41, 5.74) is 1.13. The Morgan fingerprint density at radius 1 is 1.46 bits per heavy atom. The van der Waals surface area contributed by atoms with Gasteiger partial charge >= 0.3 is 0 Å².